The zero-order valence-electron chi connectivity index (χ0n) is 14.4. The van der Waals surface area contributed by atoms with Crippen molar-refractivity contribution in [1.82, 2.24) is 9.78 Å². The van der Waals surface area contributed by atoms with E-state index in [1.54, 1.807) is 18.0 Å². The van der Waals surface area contributed by atoms with E-state index in [9.17, 15) is 0 Å². The molecule has 0 aliphatic carbocycles. The lowest BCUT2D eigenvalue weighted by molar-refractivity contribution is 0.310. The maximum absolute atomic E-state index is 6.29. The molecule has 0 spiro atoms. The van der Waals surface area contributed by atoms with Gasteiger partial charge in [-0.25, -0.2) is 4.68 Å². The number of hydrogen-bond donors (Lipinski definition) is 2. The number of nitrogens with two attached hydrogens (primary N) is 1. The van der Waals surface area contributed by atoms with Crippen LogP contribution in [0.15, 0.2) is 54.9 Å². The molecule has 1 aromatic heterocycles. The fourth-order valence-corrected chi connectivity index (χ4v) is 2.61. The number of aromatic nitrogens is 2. The van der Waals surface area contributed by atoms with Crippen LogP contribution in [0.25, 0.3) is 5.69 Å². The molecule has 3 aromatic rings. The molecule has 0 bridgehead atoms. The number of nitrogen functional groups attached to an aromatic ring is 1. The van der Waals surface area contributed by atoms with Crippen molar-refractivity contribution in [3.8, 4) is 17.2 Å². The van der Waals surface area contributed by atoms with Gasteiger partial charge in [0, 0.05) is 18.9 Å². The van der Waals surface area contributed by atoms with Gasteiger partial charge in [0.05, 0.1) is 30.8 Å². The molecule has 6 nitrogen and oxygen atoms in total. The predicted octanol–water partition coefficient (Wildman–Crippen LogP) is 3.47. The van der Waals surface area contributed by atoms with Crippen molar-refractivity contribution in [2.24, 2.45) is 0 Å². The first kappa shape index (κ1) is 16.7. The SMILES string of the molecule is CCOc1cc(CNc2cccc(-n3cccn3)c2N)ccc1OC. The number of nitrogens with zero attached hydrogens (tertiary/aromatic N) is 2. The van der Waals surface area contributed by atoms with Gasteiger partial charge in [-0.1, -0.05) is 12.1 Å². The summed E-state index contributed by atoms with van der Waals surface area (Å²) in [6.07, 6.45) is 3.60. The molecule has 3 N–H and O–H groups in total. The fourth-order valence-electron chi connectivity index (χ4n) is 2.61. The largest absolute Gasteiger partial charge is 0.493 e. The molecule has 0 aliphatic heterocycles. The van der Waals surface area contributed by atoms with Crippen molar-refractivity contribution in [3.05, 3.63) is 60.4 Å². The van der Waals surface area contributed by atoms with E-state index in [1.165, 1.54) is 0 Å². The summed E-state index contributed by atoms with van der Waals surface area (Å²) in [4.78, 5) is 0. The van der Waals surface area contributed by atoms with Gasteiger partial charge < -0.3 is 20.5 Å². The molecule has 0 saturated heterocycles. The van der Waals surface area contributed by atoms with Crippen molar-refractivity contribution < 1.29 is 9.47 Å². The van der Waals surface area contributed by atoms with E-state index >= 15 is 0 Å². The van der Waals surface area contributed by atoms with Crippen LogP contribution in [0, 0.1) is 0 Å². The highest BCUT2D eigenvalue weighted by Crippen LogP contribution is 2.29. The zero-order valence-corrected chi connectivity index (χ0v) is 14.4. The summed E-state index contributed by atoms with van der Waals surface area (Å²) in [6, 6.07) is 13.6. The van der Waals surface area contributed by atoms with Crippen LogP contribution in [0.5, 0.6) is 11.5 Å². The van der Waals surface area contributed by atoms with Crippen molar-refractivity contribution in [2.45, 2.75) is 13.5 Å². The Morgan fingerprint density at radius 1 is 1.16 bits per heavy atom. The lowest BCUT2D eigenvalue weighted by Crippen LogP contribution is -2.07. The van der Waals surface area contributed by atoms with Gasteiger partial charge in [0.15, 0.2) is 11.5 Å². The van der Waals surface area contributed by atoms with E-state index in [2.05, 4.69) is 10.4 Å². The van der Waals surface area contributed by atoms with Gasteiger partial charge in [0.25, 0.3) is 0 Å². The average Bonchev–Trinajstić information content (AvgIpc) is 3.16. The highest BCUT2D eigenvalue weighted by molar-refractivity contribution is 5.75. The molecule has 0 unspecified atom stereocenters. The Balaban J connectivity index is 1.78. The molecule has 0 amide bonds. The molecule has 0 radical (unpaired) electrons. The minimum Gasteiger partial charge on any atom is -0.493 e. The van der Waals surface area contributed by atoms with E-state index in [-0.39, 0.29) is 0 Å². The standard InChI is InChI=1S/C19H22N4O2/c1-3-25-18-12-14(8-9-17(18)24-2)13-21-15-6-4-7-16(19(15)20)23-11-5-10-22-23/h4-12,21H,3,13,20H2,1-2H3. The summed E-state index contributed by atoms with van der Waals surface area (Å²) in [6.45, 7) is 3.16. The van der Waals surface area contributed by atoms with Crippen molar-refractivity contribution in [2.75, 3.05) is 24.8 Å². The summed E-state index contributed by atoms with van der Waals surface area (Å²) >= 11 is 0. The van der Waals surface area contributed by atoms with E-state index in [1.807, 2.05) is 55.6 Å². The van der Waals surface area contributed by atoms with E-state index < -0.39 is 0 Å². The molecule has 0 atom stereocenters. The van der Waals surface area contributed by atoms with Crippen LogP contribution >= 0.6 is 0 Å². The molecule has 0 saturated carbocycles. The predicted molar refractivity (Wildman–Crippen MR) is 99.5 cm³/mol. The fraction of sp³-hybridized carbons (Fsp3) is 0.211. The van der Waals surface area contributed by atoms with Crippen LogP contribution in [-0.4, -0.2) is 23.5 Å². The topological polar surface area (TPSA) is 74.3 Å². The van der Waals surface area contributed by atoms with Gasteiger partial charge >= 0.3 is 0 Å². The van der Waals surface area contributed by atoms with Gasteiger partial charge in [0.2, 0.25) is 0 Å². The molecule has 6 heteroatoms. The van der Waals surface area contributed by atoms with Gasteiger partial charge in [-0.2, -0.15) is 5.10 Å². The molecule has 25 heavy (non-hydrogen) atoms. The summed E-state index contributed by atoms with van der Waals surface area (Å²) in [5.41, 5.74) is 9.74. The summed E-state index contributed by atoms with van der Waals surface area (Å²) < 4.78 is 12.7. The molecule has 1 heterocycles. The first-order valence-corrected chi connectivity index (χ1v) is 8.15. The highest BCUT2D eigenvalue weighted by atomic mass is 16.5. The summed E-state index contributed by atoms with van der Waals surface area (Å²) in [5, 5.41) is 7.61. The van der Waals surface area contributed by atoms with Crippen molar-refractivity contribution in [3.63, 3.8) is 0 Å². The number of ether oxygens (including phenoxy) is 2. The highest BCUT2D eigenvalue weighted by Gasteiger charge is 2.08. The van der Waals surface area contributed by atoms with E-state index in [0.717, 1.165) is 28.4 Å². The van der Waals surface area contributed by atoms with Gasteiger partial charge in [-0.3, -0.25) is 0 Å². The van der Waals surface area contributed by atoms with Gasteiger partial charge in [0.1, 0.15) is 0 Å². The average molecular weight is 338 g/mol. The summed E-state index contributed by atoms with van der Waals surface area (Å²) in [7, 11) is 1.64. The number of nitrogens with one attached hydrogen (secondary N) is 1. The second-order valence-electron chi connectivity index (χ2n) is 5.46. The number of anilines is 2. The second kappa shape index (κ2) is 7.61. The molecule has 130 valence electrons. The Morgan fingerprint density at radius 3 is 2.76 bits per heavy atom. The molecular weight excluding hydrogens is 316 g/mol. The van der Waals surface area contributed by atoms with Crippen LogP contribution in [0.4, 0.5) is 11.4 Å². The van der Waals surface area contributed by atoms with Gasteiger partial charge in [-0.05, 0) is 42.8 Å². The number of methoxy groups -OCH3 is 1. The number of rotatable bonds is 7. The summed E-state index contributed by atoms with van der Waals surface area (Å²) in [5.74, 6) is 1.47. The quantitative estimate of drug-likeness (QED) is 0.645. The Kier molecular flexibility index (Phi) is 5.09. The van der Waals surface area contributed by atoms with Gasteiger partial charge in [-0.15, -0.1) is 0 Å². The Labute approximate surface area is 147 Å². The van der Waals surface area contributed by atoms with E-state index in [4.69, 9.17) is 15.2 Å². The molecule has 3 rings (SSSR count). The monoisotopic (exact) mass is 338 g/mol. The number of para-hydroxylation sites is 1. The zero-order chi connectivity index (χ0) is 17.6. The smallest absolute Gasteiger partial charge is 0.161 e. The first-order chi connectivity index (χ1) is 12.2. The molecule has 2 aromatic carbocycles. The third kappa shape index (κ3) is 3.68. The Hall–Kier alpha value is -3.15. The third-order valence-electron chi connectivity index (χ3n) is 3.85. The Morgan fingerprint density at radius 2 is 2.04 bits per heavy atom. The van der Waals surface area contributed by atoms with Crippen LogP contribution in [0.3, 0.4) is 0 Å². The minimum absolute atomic E-state index is 0.589. The normalized spacial score (nSPS) is 10.5. The van der Waals surface area contributed by atoms with Crippen LogP contribution < -0.4 is 20.5 Å². The van der Waals surface area contributed by atoms with Crippen LogP contribution in [-0.2, 0) is 6.54 Å². The lowest BCUT2D eigenvalue weighted by atomic mass is 10.1. The Bertz CT molecular complexity index is 831. The first-order valence-electron chi connectivity index (χ1n) is 8.15. The van der Waals surface area contributed by atoms with Crippen LogP contribution in [0.1, 0.15) is 12.5 Å². The third-order valence-corrected chi connectivity index (χ3v) is 3.85. The maximum Gasteiger partial charge on any atom is 0.161 e. The number of hydrogen-bond acceptors (Lipinski definition) is 5. The second-order valence-corrected chi connectivity index (χ2v) is 5.46. The lowest BCUT2D eigenvalue weighted by Gasteiger charge is -2.14. The molecule has 0 aliphatic rings. The number of benzene rings is 2. The van der Waals surface area contributed by atoms with Crippen LogP contribution in [0.2, 0.25) is 0 Å². The van der Waals surface area contributed by atoms with Crippen molar-refractivity contribution >= 4 is 11.4 Å². The molecule has 0 fully saturated rings. The molecular formula is C19H22N4O2. The van der Waals surface area contributed by atoms with Crippen molar-refractivity contribution in [1.29, 1.82) is 0 Å². The van der Waals surface area contributed by atoms with E-state index in [0.29, 0.717) is 18.8 Å². The minimum atomic E-state index is 0.589. The maximum atomic E-state index is 6.29.